The lowest BCUT2D eigenvalue weighted by molar-refractivity contribution is -0.115. The second kappa shape index (κ2) is 8.26. The van der Waals surface area contributed by atoms with Gasteiger partial charge in [0.25, 0.3) is 0 Å². The highest BCUT2D eigenvalue weighted by Gasteiger charge is 2.17. The molecule has 6 nitrogen and oxygen atoms in total. The van der Waals surface area contributed by atoms with Crippen LogP contribution in [-0.4, -0.2) is 26.3 Å². The first kappa shape index (κ1) is 18.9. The summed E-state index contributed by atoms with van der Waals surface area (Å²) < 4.78 is 1.89. The van der Waals surface area contributed by atoms with Crippen LogP contribution in [0, 0.1) is 0 Å². The van der Waals surface area contributed by atoms with Crippen molar-refractivity contribution in [2.75, 3.05) is 11.1 Å². The number of thiazole rings is 1. The number of nitrogen functional groups attached to an aromatic ring is 1. The molecule has 0 radical (unpaired) electrons. The highest BCUT2D eigenvalue weighted by atomic mass is 32.2. The topological polar surface area (TPSA) is 93.8 Å². The van der Waals surface area contributed by atoms with E-state index in [2.05, 4.69) is 26.6 Å². The number of hydrogen-bond donors (Lipinski definition) is 2. The van der Waals surface area contributed by atoms with Gasteiger partial charge in [-0.1, -0.05) is 47.4 Å². The number of aromatic nitrogens is 3. The number of anilines is 2. The zero-order valence-electron chi connectivity index (χ0n) is 15.0. The van der Waals surface area contributed by atoms with Crippen molar-refractivity contribution in [3.05, 3.63) is 59.1 Å². The van der Waals surface area contributed by atoms with E-state index in [4.69, 9.17) is 5.73 Å². The number of nitrogens with zero attached hydrogens (tertiary/aromatic N) is 3. The van der Waals surface area contributed by atoms with Gasteiger partial charge in [0.1, 0.15) is 0 Å². The highest BCUT2D eigenvalue weighted by Crippen LogP contribution is 2.28. The number of fused-ring (bicyclic) bond motifs is 1. The molecule has 4 rings (SSSR count). The van der Waals surface area contributed by atoms with E-state index >= 15 is 0 Å². The van der Waals surface area contributed by atoms with Gasteiger partial charge >= 0.3 is 0 Å². The molecule has 0 aliphatic rings. The van der Waals surface area contributed by atoms with E-state index in [1.165, 1.54) is 27.8 Å². The molecule has 0 saturated heterocycles. The van der Waals surface area contributed by atoms with Gasteiger partial charge in [0, 0.05) is 12.1 Å². The molecular weight excluding hydrogens is 410 g/mol. The number of rotatable bonds is 6. The predicted molar refractivity (Wildman–Crippen MR) is 117 cm³/mol. The van der Waals surface area contributed by atoms with Crippen LogP contribution in [0.15, 0.2) is 52.9 Å². The van der Waals surface area contributed by atoms with Crippen molar-refractivity contribution in [2.45, 2.75) is 22.9 Å². The molecule has 3 N–H and O–H groups in total. The van der Waals surface area contributed by atoms with Crippen LogP contribution >= 0.6 is 34.4 Å². The van der Waals surface area contributed by atoms with E-state index in [-0.39, 0.29) is 11.2 Å². The molecule has 4 aromatic rings. The minimum atomic E-state index is -0.297. The van der Waals surface area contributed by atoms with Gasteiger partial charge in [-0.15, -0.1) is 21.5 Å². The van der Waals surface area contributed by atoms with Crippen LogP contribution in [-0.2, 0) is 11.2 Å². The second-order valence-corrected chi connectivity index (χ2v) is 9.82. The Labute approximate surface area is 174 Å². The SMILES string of the molecule is C[C@@H](Sc1nnc(N)s1)C(=O)Nc1ccc(Cc2nc3ccccc3s2)cc1. The normalized spacial score (nSPS) is 12.2. The Morgan fingerprint density at radius 2 is 1.93 bits per heavy atom. The van der Waals surface area contributed by atoms with Gasteiger partial charge in [0.05, 0.1) is 20.5 Å². The Morgan fingerprint density at radius 1 is 1.14 bits per heavy atom. The first-order chi connectivity index (χ1) is 13.6. The molecule has 142 valence electrons. The number of para-hydroxylation sites is 1. The first-order valence-electron chi connectivity index (χ1n) is 8.57. The summed E-state index contributed by atoms with van der Waals surface area (Å²) in [6, 6.07) is 16.0. The number of amides is 1. The molecule has 0 aliphatic carbocycles. The molecule has 28 heavy (non-hydrogen) atoms. The quantitative estimate of drug-likeness (QED) is 0.442. The van der Waals surface area contributed by atoms with E-state index < -0.39 is 0 Å². The van der Waals surface area contributed by atoms with Gasteiger partial charge in [-0.05, 0) is 36.8 Å². The molecule has 2 aromatic carbocycles. The largest absolute Gasteiger partial charge is 0.374 e. The van der Waals surface area contributed by atoms with Crippen LogP contribution in [0.2, 0.25) is 0 Å². The van der Waals surface area contributed by atoms with Crippen molar-refractivity contribution in [3.63, 3.8) is 0 Å². The zero-order valence-corrected chi connectivity index (χ0v) is 17.4. The Hall–Kier alpha value is -2.49. The van der Waals surface area contributed by atoms with Gasteiger partial charge in [-0.3, -0.25) is 4.79 Å². The Bertz CT molecular complexity index is 1070. The number of carbonyl (C=O) groups excluding carboxylic acids is 1. The average molecular weight is 428 g/mol. The Balaban J connectivity index is 1.36. The zero-order chi connectivity index (χ0) is 19.5. The molecule has 0 spiro atoms. The molecule has 0 fully saturated rings. The van der Waals surface area contributed by atoms with Gasteiger partial charge in [0.2, 0.25) is 11.0 Å². The predicted octanol–water partition coefficient (Wildman–Crippen LogP) is 4.44. The van der Waals surface area contributed by atoms with Crippen molar-refractivity contribution in [1.82, 2.24) is 15.2 Å². The number of nitrogens with one attached hydrogen (secondary N) is 1. The summed E-state index contributed by atoms with van der Waals surface area (Å²) in [6.07, 6.45) is 0.776. The highest BCUT2D eigenvalue weighted by molar-refractivity contribution is 8.02. The molecule has 2 aromatic heterocycles. The van der Waals surface area contributed by atoms with Crippen molar-refractivity contribution < 1.29 is 4.79 Å². The summed E-state index contributed by atoms with van der Waals surface area (Å²) >= 11 is 4.33. The molecule has 1 amide bonds. The number of hydrogen-bond acceptors (Lipinski definition) is 8. The molecule has 9 heteroatoms. The molecule has 0 bridgehead atoms. The van der Waals surface area contributed by atoms with Gasteiger partial charge in [0.15, 0.2) is 4.34 Å². The molecule has 0 saturated carbocycles. The Morgan fingerprint density at radius 3 is 2.64 bits per heavy atom. The van der Waals surface area contributed by atoms with E-state index in [9.17, 15) is 4.79 Å². The summed E-state index contributed by atoms with van der Waals surface area (Å²) in [6.45, 7) is 1.83. The first-order valence-corrected chi connectivity index (χ1v) is 11.1. The third-order valence-corrected chi connectivity index (χ3v) is 6.96. The standard InChI is InChI=1S/C19H17N5OS3/c1-11(26-19-24-23-18(20)28-19)17(25)21-13-8-6-12(7-9-13)10-16-22-14-4-2-3-5-15(14)27-16/h2-9,11H,10H2,1H3,(H2,20,23)(H,21,25)/t11-/m1/s1. The van der Waals surface area contributed by atoms with Crippen LogP contribution < -0.4 is 11.1 Å². The van der Waals surface area contributed by atoms with Crippen molar-refractivity contribution in [2.24, 2.45) is 0 Å². The lowest BCUT2D eigenvalue weighted by atomic mass is 10.1. The summed E-state index contributed by atoms with van der Waals surface area (Å²) in [5.41, 5.74) is 8.53. The van der Waals surface area contributed by atoms with Gasteiger partial charge < -0.3 is 11.1 Å². The average Bonchev–Trinajstić information content (AvgIpc) is 3.28. The van der Waals surface area contributed by atoms with Gasteiger partial charge in [-0.2, -0.15) is 0 Å². The summed E-state index contributed by atoms with van der Waals surface area (Å²) in [4.78, 5) is 17.1. The maximum atomic E-state index is 12.4. The van der Waals surface area contributed by atoms with Crippen molar-refractivity contribution >= 4 is 61.4 Å². The third-order valence-electron chi connectivity index (χ3n) is 3.98. The second-order valence-electron chi connectivity index (χ2n) is 6.10. The number of nitrogens with two attached hydrogens (primary N) is 1. The van der Waals surface area contributed by atoms with E-state index in [1.807, 2.05) is 49.4 Å². The third kappa shape index (κ3) is 4.49. The van der Waals surface area contributed by atoms with Crippen LogP contribution in [0.25, 0.3) is 10.2 Å². The van der Waals surface area contributed by atoms with Crippen LogP contribution in [0.1, 0.15) is 17.5 Å². The number of benzene rings is 2. The number of thioether (sulfide) groups is 1. The van der Waals surface area contributed by atoms with Crippen LogP contribution in [0.5, 0.6) is 0 Å². The van der Waals surface area contributed by atoms with Crippen molar-refractivity contribution in [3.8, 4) is 0 Å². The monoisotopic (exact) mass is 427 g/mol. The van der Waals surface area contributed by atoms with E-state index in [0.717, 1.165) is 28.2 Å². The lowest BCUT2D eigenvalue weighted by Crippen LogP contribution is -2.22. The van der Waals surface area contributed by atoms with Crippen molar-refractivity contribution in [1.29, 1.82) is 0 Å². The Kier molecular flexibility index (Phi) is 5.56. The fraction of sp³-hybridized carbons (Fsp3) is 0.158. The molecule has 1 atom stereocenters. The minimum absolute atomic E-state index is 0.0855. The van der Waals surface area contributed by atoms with Crippen LogP contribution in [0.3, 0.4) is 0 Å². The smallest absolute Gasteiger partial charge is 0.237 e. The van der Waals surface area contributed by atoms with Crippen LogP contribution in [0.4, 0.5) is 10.8 Å². The van der Waals surface area contributed by atoms with E-state index in [0.29, 0.717) is 9.47 Å². The summed E-state index contributed by atoms with van der Waals surface area (Å²) in [5.74, 6) is -0.0855. The van der Waals surface area contributed by atoms with Gasteiger partial charge in [-0.25, -0.2) is 4.98 Å². The molecule has 2 heterocycles. The molecule has 0 unspecified atom stereocenters. The maximum Gasteiger partial charge on any atom is 0.237 e. The minimum Gasteiger partial charge on any atom is -0.374 e. The maximum absolute atomic E-state index is 12.4. The fourth-order valence-corrected chi connectivity index (χ4v) is 5.37. The van der Waals surface area contributed by atoms with E-state index in [1.54, 1.807) is 11.3 Å². The molecular formula is C19H17N5OS3. The summed E-state index contributed by atoms with van der Waals surface area (Å²) in [5, 5.41) is 11.8. The summed E-state index contributed by atoms with van der Waals surface area (Å²) in [7, 11) is 0. The lowest BCUT2D eigenvalue weighted by Gasteiger charge is -2.10. The number of carbonyl (C=O) groups is 1. The fourth-order valence-electron chi connectivity index (χ4n) is 2.59. The molecule has 0 aliphatic heterocycles.